The minimum atomic E-state index is -0.380. The smallest absolute Gasteiger partial charge is 0.176 e. The van der Waals surface area contributed by atoms with Crippen LogP contribution in [0.25, 0.3) is 0 Å². The van der Waals surface area contributed by atoms with Crippen LogP contribution in [0.15, 0.2) is 59.2 Å². The average Bonchev–Trinajstić information content (AvgIpc) is 2.91. The van der Waals surface area contributed by atoms with E-state index < -0.39 is 0 Å². The summed E-state index contributed by atoms with van der Waals surface area (Å²) in [6.45, 7) is 0.521. The molecule has 128 valence electrons. The molecule has 0 fully saturated rings. The molecule has 0 saturated heterocycles. The third-order valence-corrected chi connectivity index (χ3v) is 4.51. The normalized spacial score (nSPS) is 10.5. The van der Waals surface area contributed by atoms with Crippen LogP contribution in [0.4, 0.5) is 15.9 Å². The molecule has 0 atom stereocenters. The number of nitrogens with one attached hydrogen (secondary N) is 2. The van der Waals surface area contributed by atoms with E-state index in [2.05, 4.69) is 31.7 Å². The Balaban J connectivity index is 1.69. The third kappa shape index (κ3) is 4.56. The molecule has 3 aromatic rings. The highest BCUT2D eigenvalue weighted by Gasteiger charge is 2.11. The van der Waals surface area contributed by atoms with Crippen molar-refractivity contribution < 1.29 is 4.39 Å². The van der Waals surface area contributed by atoms with Crippen molar-refractivity contribution in [3.05, 3.63) is 75.6 Å². The fourth-order valence-corrected chi connectivity index (χ4v) is 3.00. The highest BCUT2D eigenvalue weighted by atomic mass is 79.9. The van der Waals surface area contributed by atoms with Crippen LogP contribution in [0.5, 0.6) is 0 Å². The molecule has 0 spiro atoms. The van der Waals surface area contributed by atoms with Gasteiger partial charge in [-0.3, -0.25) is 4.68 Å². The first-order valence-corrected chi connectivity index (χ1v) is 8.90. The van der Waals surface area contributed by atoms with Gasteiger partial charge < -0.3 is 10.6 Å². The van der Waals surface area contributed by atoms with E-state index >= 15 is 0 Å². The lowest BCUT2D eigenvalue weighted by Crippen LogP contribution is -2.20. The van der Waals surface area contributed by atoms with Gasteiger partial charge in [0.05, 0.1) is 16.7 Å². The Hall–Kier alpha value is -1.96. The molecule has 0 bridgehead atoms. The van der Waals surface area contributed by atoms with Crippen molar-refractivity contribution in [1.29, 1.82) is 0 Å². The Bertz CT molecular complexity index is 915. The summed E-state index contributed by atoms with van der Waals surface area (Å²) >= 11 is 14.8. The summed E-state index contributed by atoms with van der Waals surface area (Å²) in [5, 5.41) is 11.1. The summed E-state index contributed by atoms with van der Waals surface area (Å²) in [5.74, 6) is 0.149. The van der Waals surface area contributed by atoms with E-state index in [9.17, 15) is 4.39 Å². The van der Waals surface area contributed by atoms with Gasteiger partial charge in [-0.2, -0.15) is 5.10 Å². The third-order valence-electron chi connectivity index (χ3n) is 3.36. The minimum Gasteiger partial charge on any atom is -0.330 e. The van der Waals surface area contributed by atoms with Gasteiger partial charge in [0.2, 0.25) is 0 Å². The zero-order valence-electron chi connectivity index (χ0n) is 12.8. The highest BCUT2D eigenvalue weighted by molar-refractivity contribution is 9.10. The number of hydrogen-bond acceptors (Lipinski definition) is 2. The van der Waals surface area contributed by atoms with Gasteiger partial charge in [0.15, 0.2) is 10.9 Å². The largest absolute Gasteiger partial charge is 0.330 e. The van der Waals surface area contributed by atoms with Crippen LogP contribution >= 0.6 is 39.7 Å². The van der Waals surface area contributed by atoms with E-state index in [1.54, 1.807) is 22.9 Å². The average molecular weight is 440 g/mol. The Kier molecular flexibility index (Phi) is 5.67. The Morgan fingerprint density at radius 2 is 1.88 bits per heavy atom. The van der Waals surface area contributed by atoms with Crippen LogP contribution in [0.1, 0.15) is 5.56 Å². The van der Waals surface area contributed by atoms with Crippen molar-refractivity contribution in [1.82, 2.24) is 9.78 Å². The number of anilines is 2. The summed E-state index contributed by atoms with van der Waals surface area (Å²) in [6.07, 6.45) is 1.82. The van der Waals surface area contributed by atoms with Crippen LogP contribution in [0, 0.1) is 5.82 Å². The monoisotopic (exact) mass is 438 g/mol. The molecule has 0 unspecified atom stereocenters. The van der Waals surface area contributed by atoms with Crippen LogP contribution in [0.3, 0.4) is 0 Å². The first kappa shape index (κ1) is 17.8. The Morgan fingerprint density at radius 3 is 2.64 bits per heavy atom. The molecule has 2 N–H and O–H groups in total. The van der Waals surface area contributed by atoms with E-state index in [4.69, 9.17) is 23.8 Å². The molecular formula is C17H13BrClFN4S. The van der Waals surface area contributed by atoms with E-state index in [1.807, 2.05) is 30.5 Å². The lowest BCUT2D eigenvalue weighted by molar-refractivity contribution is 0.632. The topological polar surface area (TPSA) is 41.9 Å². The number of thiocarbonyl (C=S) groups is 1. The molecule has 0 aliphatic heterocycles. The van der Waals surface area contributed by atoms with Gasteiger partial charge in [0.25, 0.3) is 0 Å². The van der Waals surface area contributed by atoms with Crippen LogP contribution in [-0.4, -0.2) is 14.9 Å². The second kappa shape index (κ2) is 7.95. The maximum atomic E-state index is 13.7. The minimum absolute atomic E-state index is 0.244. The number of rotatable bonds is 4. The summed E-state index contributed by atoms with van der Waals surface area (Å²) in [4.78, 5) is 0. The summed E-state index contributed by atoms with van der Waals surface area (Å²) < 4.78 is 16.1. The predicted octanol–water partition coefficient (Wildman–Crippen LogP) is 5.30. The molecule has 4 nitrogen and oxygen atoms in total. The maximum absolute atomic E-state index is 13.7. The molecule has 1 aromatic heterocycles. The van der Waals surface area contributed by atoms with E-state index in [0.717, 1.165) is 10.0 Å². The number of hydrogen-bond donors (Lipinski definition) is 2. The Morgan fingerprint density at radius 1 is 1.16 bits per heavy atom. The summed E-state index contributed by atoms with van der Waals surface area (Å²) in [7, 11) is 0. The molecule has 0 amide bonds. The van der Waals surface area contributed by atoms with Crippen molar-refractivity contribution in [2.24, 2.45) is 0 Å². The fraction of sp³-hybridized carbons (Fsp3) is 0.0588. The number of para-hydroxylation sites is 1. The molecule has 3 rings (SSSR count). The molecule has 0 saturated carbocycles. The second-order valence-electron chi connectivity index (χ2n) is 5.17. The lowest BCUT2D eigenvalue weighted by Gasteiger charge is -2.09. The molecule has 8 heteroatoms. The van der Waals surface area contributed by atoms with E-state index in [-0.39, 0.29) is 10.9 Å². The molecule has 0 aliphatic carbocycles. The zero-order chi connectivity index (χ0) is 17.8. The van der Waals surface area contributed by atoms with Crippen molar-refractivity contribution in [3.8, 4) is 0 Å². The van der Waals surface area contributed by atoms with Gasteiger partial charge in [-0.15, -0.1) is 0 Å². The van der Waals surface area contributed by atoms with Crippen LogP contribution in [0.2, 0.25) is 5.02 Å². The molecule has 2 aromatic carbocycles. The van der Waals surface area contributed by atoms with Crippen LogP contribution < -0.4 is 10.6 Å². The van der Waals surface area contributed by atoms with Crippen molar-refractivity contribution >= 4 is 56.4 Å². The second-order valence-corrected chi connectivity index (χ2v) is 6.84. The van der Waals surface area contributed by atoms with Gasteiger partial charge >= 0.3 is 0 Å². The summed E-state index contributed by atoms with van der Waals surface area (Å²) in [6, 6.07) is 13.9. The highest BCUT2D eigenvalue weighted by Crippen LogP contribution is 2.23. The van der Waals surface area contributed by atoms with Gasteiger partial charge in [0.1, 0.15) is 5.82 Å². The lowest BCUT2D eigenvalue weighted by atomic mass is 10.2. The molecule has 0 aliphatic rings. The van der Waals surface area contributed by atoms with Crippen molar-refractivity contribution in [2.75, 3.05) is 10.6 Å². The number of benzene rings is 2. The Labute approximate surface area is 163 Å². The van der Waals surface area contributed by atoms with E-state index in [0.29, 0.717) is 23.1 Å². The van der Waals surface area contributed by atoms with Crippen LogP contribution in [-0.2, 0) is 6.54 Å². The molecular weight excluding hydrogens is 427 g/mol. The summed E-state index contributed by atoms with van der Waals surface area (Å²) in [5.41, 5.74) is 1.25. The van der Waals surface area contributed by atoms with Gasteiger partial charge in [0, 0.05) is 11.2 Å². The quantitative estimate of drug-likeness (QED) is 0.542. The SMILES string of the molecule is Fc1ccccc1NC(=S)Nc1nn(Cc2ccccc2Cl)cc1Br. The zero-order valence-corrected chi connectivity index (χ0v) is 16.0. The van der Waals surface area contributed by atoms with Gasteiger partial charge in [-0.1, -0.05) is 41.9 Å². The molecule has 1 heterocycles. The maximum Gasteiger partial charge on any atom is 0.176 e. The number of aromatic nitrogens is 2. The standard InChI is InChI=1S/C17H13BrClFN4S/c18-12-10-24(9-11-5-1-2-6-13(11)19)23-16(12)22-17(25)21-15-8-4-3-7-14(15)20/h1-8,10H,9H2,(H2,21,22,23,25). The molecule has 0 radical (unpaired) electrons. The van der Waals surface area contributed by atoms with E-state index in [1.165, 1.54) is 6.07 Å². The number of halogens is 3. The van der Waals surface area contributed by atoms with Crippen molar-refractivity contribution in [3.63, 3.8) is 0 Å². The van der Waals surface area contributed by atoms with Gasteiger partial charge in [-0.05, 0) is 51.9 Å². The first-order valence-electron chi connectivity index (χ1n) is 7.32. The predicted molar refractivity (Wildman–Crippen MR) is 107 cm³/mol. The molecule has 25 heavy (non-hydrogen) atoms. The number of nitrogens with zero attached hydrogens (tertiary/aromatic N) is 2. The van der Waals surface area contributed by atoms with Gasteiger partial charge in [-0.25, -0.2) is 4.39 Å². The van der Waals surface area contributed by atoms with Crippen molar-refractivity contribution in [2.45, 2.75) is 6.54 Å². The fourth-order valence-electron chi connectivity index (χ4n) is 2.19. The first-order chi connectivity index (χ1) is 12.0.